The number of nitrogens with zero attached hydrogens (tertiary/aromatic N) is 1. The lowest BCUT2D eigenvalue weighted by molar-refractivity contribution is 1.19. The number of benzene rings is 4. The van der Waals surface area contributed by atoms with Crippen LogP contribution in [0, 0.1) is 0 Å². The third kappa shape index (κ3) is 1.77. The standard InChI is InChI=1S/C22H16BN/c23-20-14-19-17-11-6-7-13-21(17)24(15-8-2-1-3-9-15)22(19)18-12-5-4-10-16(18)20/h1-14H,23H2. The van der Waals surface area contributed by atoms with Gasteiger partial charge in [-0.2, -0.15) is 0 Å². The molecule has 1 aromatic heterocycles. The summed E-state index contributed by atoms with van der Waals surface area (Å²) in [6, 6.07) is 30.4. The predicted molar refractivity (Wildman–Crippen MR) is 106 cm³/mol. The number of fused-ring (bicyclic) bond motifs is 5. The lowest BCUT2D eigenvalue weighted by Crippen LogP contribution is -2.04. The highest BCUT2D eigenvalue weighted by Gasteiger charge is 2.15. The highest BCUT2D eigenvalue weighted by atomic mass is 15.0. The fourth-order valence-corrected chi connectivity index (χ4v) is 3.85. The molecule has 0 aliphatic rings. The van der Waals surface area contributed by atoms with Gasteiger partial charge in [0.2, 0.25) is 0 Å². The maximum Gasteiger partial charge on any atom is 0.140 e. The normalized spacial score (nSPS) is 11.5. The van der Waals surface area contributed by atoms with Crippen LogP contribution in [0.1, 0.15) is 0 Å². The molecule has 0 fully saturated rings. The molecule has 0 N–H and O–H groups in total. The van der Waals surface area contributed by atoms with Gasteiger partial charge in [-0.15, -0.1) is 0 Å². The van der Waals surface area contributed by atoms with E-state index in [1.54, 1.807) is 0 Å². The van der Waals surface area contributed by atoms with E-state index in [0.717, 1.165) is 0 Å². The lowest BCUT2D eigenvalue weighted by atomic mass is 9.88. The molecule has 0 saturated heterocycles. The Morgan fingerprint density at radius 3 is 2.00 bits per heavy atom. The molecule has 0 spiro atoms. The van der Waals surface area contributed by atoms with Crippen LogP contribution in [-0.4, -0.2) is 12.4 Å². The van der Waals surface area contributed by atoms with Crippen molar-refractivity contribution in [3.05, 3.63) is 84.9 Å². The Morgan fingerprint density at radius 2 is 1.21 bits per heavy atom. The lowest BCUT2D eigenvalue weighted by Gasteiger charge is -2.11. The van der Waals surface area contributed by atoms with Crippen LogP contribution in [0.4, 0.5) is 0 Å². The molecule has 0 aliphatic heterocycles. The van der Waals surface area contributed by atoms with Crippen LogP contribution >= 0.6 is 0 Å². The first-order valence-electron chi connectivity index (χ1n) is 8.31. The third-order valence-corrected chi connectivity index (χ3v) is 4.90. The second-order valence-corrected chi connectivity index (χ2v) is 6.32. The topological polar surface area (TPSA) is 4.93 Å². The smallest absolute Gasteiger partial charge is 0.140 e. The Balaban J connectivity index is 2.12. The van der Waals surface area contributed by atoms with E-state index in [9.17, 15) is 0 Å². The fourth-order valence-electron chi connectivity index (χ4n) is 3.85. The van der Waals surface area contributed by atoms with Crippen molar-refractivity contribution in [3.8, 4) is 5.69 Å². The van der Waals surface area contributed by atoms with Crippen molar-refractivity contribution < 1.29 is 0 Å². The van der Waals surface area contributed by atoms with Crippen molar-refractivity contribution in [2.45, 2.75) is 0 Å². The van der Waals surface area contributed by atoms with Gasteiger partial charge in [-0.05, 0) is 23.6 Å². The molecule has 0 amide bonds. The van der Waals surface area contributed by atoms with Gasteiger partial charge in [-0.25, -0.2) is 0 Å². The maximum atomic E-state index is 2.40. The minimum absolute atomic E-state index is 1.21. The summed E-state index contributed by atoms with van der Waals surface area (Å²) in [7, 11) is 2.20. The van der Waals surface area contributed by atoms with Crippen molar-refractivity contribution in [2.24, 2.45) is 0 Å². The second-order valence-electron chi connectivity index (χ2n) is 6.32. The third-order valence-electron chi connectivity index (χ3n) is 4.90. The summed E-state index contributed by atoms with van der Waals surface area (Å²) >= 11 is 0. The van der Waals surface area contributed by atoms with E-state index in [1.807, 2.05) is 0 Å². The molecule has 0 saturated carbocycles. The van der Waals surface area contributed by atoms with Gasteiger partial charge in [0.1, 0.15) is 7.85 Å². The quantitative estimate of drug-likeness (QED) is 0.409. The minimum atomic E-state index is 1.21. The monoisotopic (exact) mass is 305 g/mol. The summed E-state index contributed by atoms with van der Waals surface area (Å²) in [5, 5.41) is 5.27. The summed E-state index contributed by atoms with van der Waals surface area (Å²) < 4.78 is 2.40. The van der Waals surface area contributed by atoms with Crippen molar-refractivity contribution >= 4 is 45.9 Å². The van der Waals surface area contributed by atoms with Gasteiger partial charge in [0.15, 0.2) is 0 Å². The van der Waals surface area contributed by atoms with E-state index in [1.165, 1.54) is 43.7 Å². The molecule has 5 rings (SSSR count). The minimum Gasteiger partial charge on any atom is -0.309 e. The summed E-state index contributed by atoms with van der Waals surface area (Å²) in [6.07, 6.45) is 0. The van der Waals surface area contributed by atoms with Crippen molar-refractivity contribution in [3.63, 3.8) is 0 Å². The molecule has 1 nitrogen and oxygen atoms in total. The molecule has 4 aromatic carbocycles. The zero-order valence-corrected chi connectivity index (χ0v) is 13.5. The van der Waals surface area contributed by atoms with Gasteiger partial charge < -0.3 is 4.57 Å². The number of aromatic nitrogens is 1. The summed E-state index contributed by atoms with van der Waals surface area (Å²) in [5.74, 6) is 0. The van der Waals surface area contributed by atoms with Crippen LogP contribution in [0.15, 0.2) is 84.9 Å². The highest BCUT2D eigenvalue weighted by molar-refractivity contribution is 6.42. The molecule has 1 heterocycles. The molecule has 0 bridgehead atoms. The Hall–Kier alpha value is -3.00. The Labute approximate surface area is 141 Å². The van der Waals surface area contributed by atoms with Gasteiger partial charge in [-0.3, -0.25) is 0 Å². The number of rotatable bonds is 1. The summed E-state index contributed by atoms with van der Waals surface area (Å²) in [5.41, 5.74) is 5.09. The molecule has 5 aromatic rings. The first-order valence-corrected chi connectivity index (χ1v) is 8.31. The first-order chi connectivity index (χ1) is 11.8. The zero-order chi connectivity index (χ0) is 16.1. The van der Waals surface area contributed by atoms with E-state index in [0.29, 0.717) is 0 Å². The highest BCUT2D eigenvalue weighted by Crippen LogP contribution is 2.35. The molecule has 0 aliphatic carbocycles. The number of para-hydroxylation sites is 2. The van der Waals surface area contributed by atoms with E-state index in [4.69, 9.17) is 0 Å². The molecule has 24 heavy (non-hydrogen) atoms. The fraction of sp³-hybridized carbons (Fsp3) is 0. The van der Waals surface area contributed by atoms with Crippen molar-refractivity contribution in [2.75, 3.05) is 0 Å². The summed E-state index contributed by atoms with van der Waals surface area (Å²) in [4.78, 5) is 0. The van der Waals surface area contributed by atoms with E-state index >= 15 is 0 Å². The number of hydrogen-bond acceptors (Lipinski definition) is 0. The zero-order valence-electron chi connectivity index (χ0n) is 13.5. The molecule has 0 radical (unpaired) electrons. The van der Waals surface area contributed by atoms with Gasteiger partial charge in [0, 0.05) is 21.8 Å². The van der Waals surface area contributed by atoms with E-state index in [2.05, 4.69) is 97.3 Å². The molecule has 0 unspecified atom stereocenters. The van der Waals surface area contributed by atoms with Crippen LogP contribution in [0.25, 0.3) is 38.3 Å². The molecule has 0 atom stereocenters. The van der Waals surface area contributed by atoms with Gasteiger partial charge in [0.25, 0.3) is 0 Å². The van der Waals surface area contributed by atoms with Crippen LogP contribution in [0.5, 0.6) is 0 Å². The number of hydrogen-bond donors (Lipinski definition) is 0. The maximum absolute atomic E-state index is 2.40. The van der Waals surface area contributed by atoms with E-state index in [-0.39, 0.29) is 0 Å². The average Bonchev–Trinajstić information content (AvgIpc) is 2.97. The van der Waals surface area contributed by atoms with Crippen LogP contribution in [-0.2, 0) is 0 Å². The summed E-state index contributed by atoms with van der Waals surface area (Å²) in [6.45, 7) is 0. The molecular weight excluding hydrogens is 289 g/mol. The van der Waals surface area contributed by atoms with Gasteiger partial charge >= 0.3 is 0 Å². The van der Waals surface area contributed by atoms with Crippen LogP contribution in [0.3, 0.4) is 0 Å². The van der Waals surface area contributed by atoms with Crippen molar-refractivity contribution in [1.82, 2.24) is 4.57 Å². The second kappa shape index (κ2) is 5.00. The van der Waals surface area contributed by atoms with Gasteiger partial charge in [-0.1, -0.05) is 72.2 Å². The average molecular weight is 305 g/mol. The van der Waals surface area contributed by atoms with Crippen molar-refractivity contribution in [1.29, 1.82) is 0 Å². The first kappa shape index (κ1) is 13.4. The predicted octanol–water partition coefficient (Wildman–Crippen LogP) is 4.20. The Kier molecular flexibility index (Phi) is 2.80. The van der Waals surface area contributed by atoms with Gasteiger partial charge in [0.05, 0.1) is 11.0 Å². The molecule has 112 valence electrons. The Bertz CT molecular complexity index is 1200. The van der Waals surface area contributed by atoms with Crippen LogP contribution < -0.4 is 5.46 Å². The largest absolute Gasteiger partial charge is 0.309 e. The van der Waals surface area contributed by atoms with E-state index < -0.39 is 0 Å². The van der Waals surface area contributed by atoms with Crippen LogP contribution in [0.2, 0.25) is 0 Å². The Morgan fingerprint density at radius 1 is 0.583 bits per heavy atom. The molecular formula is C22H16BN. The molecule has 2 heteroatoms. The SMILES string of the molecule is Bc1cc2c3ccccc3n(-c3ccccc3)c2c2ccccc12.